The van der Waals surface area contributed by atoms with Crippen molar-refractivity contribution in [2.75, 3.05) is 5.33 Å². The number of halogens is 1. The van der Waals surface area contributed by atoms with Crippen LogP contribution >= 0.6 is 15.9 Å². The SMILES string of the molecule is N#Cc1c(-c2ccn[nH]2)c(CCCCBr)cc2ccccc12. The molecule has 0 saturated heterocycles. The number of aromatic amines is 1. The molecule has 0 saturated carbocycles. The van der Waals surface area contributed by atoms with Gasteiger partial charge in [0.1, 0.15) is 6.07 Å². The van der Waals surface area contributed by atoms with E-state index in [1.165, 1.54) is 5.56 Å². The number of H-pyrrole nitrogens is 1. The van der Waals surface area contributed by atoms with Crippen LogP contribution < -0.4 is 0 Å². The average Bonchev–Trinajstić information content (AvgIpc) is 3.07. The Morgan fingerprint density at radius 1 is 1.18 bits per heavy atom. The summed E-state index contributed by atoms with van der Waals surface area (Å²) in [6, 6.07) is 14.6. The summed E-state index contributed by atoms with van der Waals surface area (Å²) < 4.78 is 0. The quantitative estimate of drug-likeness (QED) is 0.528. The first kappa shape index (κ1) is 14.8. The first-order chi connectivity index (χ1) is 10.8. The van der Waals surface area contributed by atoms with Crippen molar-refractivity contribution < 1.29 is 0 Å². The van der Waals surface area contributed by atoms with Gasteiger partial charge in [0.15, 0.2) is 0 Å². The molecule has 3 nitrogen and oxygen atoms in total. The van der Waals surface area contributed by atoms with Gasteiger partial charge in [-0.05, 0) is 36.3 Å². The molecule has 0 aliphatic carbocycles. The van der Waals surface area contributed by atoms with Crippen molar-refractivity contribution in [1.82, 2.24) is 10.2 Å². The summed E-state index contributed by atoms with van der Waals surface area (Å²) in [7, 11) is 0. The summed E-state index contributed by atoms with van der Waals surface area (Å²) in [6.45, 7) is 0. The number of hydrogen-bond acceptors (Lipinski definition) is 2. The van der Waals surface area contributed by atoms with Crippen LogP contribution in [0, 0.1) is 11.3 Å². The highest BCUT2D eigenvalue weighted by Crippen LogP contribution is 2.33. The molecule has 22 heavy (non-hydrogen) atoms. The third kappa shape index (κ3) is 2.77. The van der Waals surface area contributed by atoms with Gasteiger partial charge in [0.2, 0.25) is 0 Å². The number of fused-ring (bicyclic) bond motifs is 1. The Bertz CT molecular complexity index is 816. The highest BCUT2D eigenvalue weighted by Gasteiger charge is 2.15. The number of aryl methyl sites for hydroxylation is 1. The number of benzene rings is 2. The molecular weight excluding hydrogens is 338 g/mol. The molecule has 3 rings (SSSR count). The fraction of sp³-hybridized carbons (Fsp3) is 0.222. The van der Waals surface area contributed by atoms with E-state index in [1.807, 2.05) is 24.3 Å². The maximum atomic E-state index is 9.72. The van der Waals surface area contributed by atoms with E-state index < -0.39 is 0 Å². The molecule has 0 fully saturated rings. The van der Waals surface area contributed by atoms with Crippen LogP contribution in [0.5, 0.6) is 0 Å². The molecule has 1 heterocycles. The minimum absolute atomic E-state index is 0.733. The summed E-state index contributed by atoms with van der Waals surface area (Å²) in [5.41, 5.74) is 3.85. The number of nitriles is 1. The summed E-state index contributed by atoms with van der Waals surface area (Å²) in [5, 5.41) is 19.9. The van der Waals surface area contributed by atoms with Gasteiger partial charge >= 0.3 is 0 Å². The van der Waals surface area contributed by atoms with Gasteiger partial charge in [0.05, 0.1) is 11.3 Å². The number of hydrogen-bond donors (Lipinski definition) is 1. The summed E-state index contributed by atoms with van der Waals surface area (Å²) in [6.07, 6.45) is 4.90. The first-order valence-electron chi connectivity index (χ1n) is 7.35. The van der Waals surface area contributed by atoms with Gasteiger partial charge in [0, 0.05) is 22.5 Å². The van der Waals surface area contributed by atoms with E-state index in [-0.39, 0.29) is 0 Å². The number of alkyl halides is 1. The second-order valence-corrected chi connectivity index (χ2v) is 6.03. The van der Waals surface area contributed by atoms with Gasteiger partial charge in [-0.25, -0.2) is 0 Å². The number of nitrogens with zero attached hydrogens (tertiary/aromatic N) is 2. The van der Waals surface area contributed by atoms with E-state index in [0.29, 0.717) is 0 Å². The highest BCUT2D eigenvalue weighted by molar-refractivity contribution is 9.09. The van der Waals surface area contributed by atoms with E-state index in [2.05, 4.69) is 44.3 Å². The average molecular weight is 354 g/mol. The van der Waals surface area contributed by atoms with E-state index in [4.69, 9.17) is 0 Å². The van der Waals surface area contributed by atoms with Crippen LogP contribution in [-0.4, -0.2) is 15.5 Å². The normalized spacial score (nSPS) is 10.7. The summed E-state index contributed by atoms with van der Waals surface area (Å²) >= 11 is 3.48. The maximum absolute atomic E-state index is 9.72. The van der Waals surface area contributed by atoms with Crippen LogP contribution in [0.25, 0.3) is 22.0 Å². The monoisotopic (exact) mass is 353 g/mol. The zero-order chi connectivity index (χ0) is 15.4. The van der Waals surface area contributed by atoms with Gasteiger partial charge in [-0.1, -0.05) is 46.3 Å². The molecule has 4 heteroatoms. The molecule has 0 bridgehead atoms. The Balaban J connectivity index is 2.22. The van der Waals surface area contributed by atoms with Gasteiger partial charge in [-0.3, -0.25) is 5.10 Å². The smallest absolute Gasteiger partial charge is 0.100 e. The molecule has 1 aromatic heterocycles. The number of unbranched alkanes of at least 4 members (excludes halogenated alkanes) is 1. The predicted octanol–water partition coefficient (Wildman–Crippen LogP) is 4.82. The van der Waals surface area contributed by atoms with Gasteiger partial charge < -0.3 is 0 Å². The Kier molecular flexibility index (Phi) is 4.55. The molecule has 0 atom stereocenters. The van der Waals surface area contributed by atoms with E-state index in [9.17, 15) is 5.26 Å². The van der Waals surface area contributed by atoms with Crippen LogP contribution in [0.3, 0.4) is 0 Å². The van der Waals surface area contributed by atoms with Crippen LogP contribution in [0.2, 0.25) is 0 Å². The van der Waals surface area contributed by atoms with Crippen LogP contribution in [-0.2, 0) is 6.42 Å². The molecule has 1 N–H and O–H groups in total. The number of aromatic nitrogens is 2. The molecule has 0 unspecified atom stereocenters. The van der Waals surface area contributed by atoms with Gasteiger partial charge in [-0.15, -0.1) is 0 Å². The van der Waals surface area contributed by atoms with Crippen LogP contribution in [0.15, 0.2) is 42.6 Å². The number of nitrogens with one attached hydrogen (secondary N) is 1. The van der Waals surface area contributed by atoms with Gasteiger partial charge in [-0.2, -0.15) is 10.4 Å². The fourth-order valence-corrected chi connectivity index (χ4v) is 3.23. The van der Waals surface area contributed by atoms with Crippen molar-refractivity contribution in [3.63, 3.8) is 0 Å². The van der Waals surface area contributed by atoms with Crippen molar-refractivity contribution in [3.05, 3.63) is 53.7 Å². The molecule has 0 radical (unpaired) electrons. The Morgan fingerprint density at radius 3 is 2.77 bits per heavy atom. The van der Waals surface area contributed by atoms with Crippen LogP contribution in [0.1, 0.15) is 24.0 Å². The fourth-order valence-electron chi connectivity index (χ4n) is 2.83. The van der Waals surface area contributed by atoms with E-state index in [1.54, 1.807) is 6.20 Å². The zero-order valence-electron chi connectivity index (χ0n) is 12.1. The Hall–Kier alpha value is -2.12. The second kappa shape index (κ2) is 6.76. The summed E-state index contributed by atoms with van der Waals surface area (Å²) in [4.78, 5) is 0. The third-order valence-electron chi connectivity index (χ3n) is 3.84. The molecule has 0 spiro atoms. The predicted molar refractivity (Wildman–Crippen MR) is 93.0 cm³/mol. The minimum atomic E-state index is 0.733. The third-order valence-corrected chi connectivity index (χ3v) is 4.40. The van der Waals surface area contributed by atoms with E-state index in [0.717, 1.165) is 52.2 Å². The lowest BCUT2D eigenvalue weighted by Crippen LogP contribution is -1.97. The second-order valence-electron chi connectivity index (χ2n) is 5.24. The van der Waals surface area contributed by atoms with Crippen molar-refractivity contribution in [2.24, 2.45) is 0 Å². The molecule has 0 aliphatic heterocycles. The number of rotatable bonds is 5. The van der Waals surface area contributed by atoms with Crippen LogP contribution in [0.4, 0.5) is 0 Å². The minimum Gasteiger partial charge on any atom is -0.278 e. The molecule has 3 aromatic rings. The lowest BCUT2D eigenvalue weighted by Gasteiger charge is -2.13. The first-order valence-corrected chi connectivity index (χ1v) is 8.47. The van der Waals surface area contributed by atoms with Crippen molar-refractivity contribution in [3.8, 4) is 17.3 Å². The molecule has 0 aliphatic rings. The zero-order valence-corrected chi connectivity index (χ0v) is 13.7. The topological polar surface area (TPSA) is 52.5 Å². The molecular formula is C18H16BrN3. The highest BCUT2D eigenvalue weighted by atomic mass is 79.9. The molecule has 110 valence electrons. The Morgan fingerprint density at radius 2 is 2.05 bits per heavy atom. The largest absolute Gasteiger partial charge is 0.278 e. The van der Waals surface area contributed by atoms with Gasteiger partial charge in [0.25, 0.3) is 0 Å². The van der Waals surface area contributed by atoms with Crippen molar-refractivity contribution in [1.29, 1.82) is 5.26 Å². The molecule has 0 amide bonds. The van der Waals surface area contributed by atoms with Crippen molar-refractivity contribution in [2.45, 2.75) is 19.3 Å². The van der Waals surface area contributed by atoms with E-state index >= 15 is 0 Å². The maximum Gasteiger partial charge on any atom is 0.100 e. The lowest BCUT2D eigenvalue weighted by molar-refractivity contribution is 0.807. The molecule has 2 aromatic carbocycles. The summed E-state index contributed by atoms with van der Waals surface area (Å²) in [5.74, 6) is 0. The van der Waals surface area contributed by atoms with Crippen molar-refractivity contribution >= 4 is 26.7 Å². The Labute approximate surface area is 138 Å². The standard InChI is InChI=1S/C18H16BrN3/c19-9-4-3-6-14-11-13-5-1-2-7-15(13)16(12-20)18(14)17-8-10-21-22-17/h1-2,5,7-8,10-11H,3-4,6,9H2,(H,21,22). The lowest BCUT2D eigenvalue weighted by atomic mass is 9.90.